The zero-order valence-corrected chi connectivity index (χ0v) is 14.6. The molecule has 2 aliphatic heterocycles. The third kappa shape index (κ3) is 2.47. The molecule has 1 aromatic carbocycles. The molecule has 0 spiro atoms. The molecule has 1 saturated heterocycles. The van der Waals surface area contributed by atoms with Gasteiger partial charge >= 0.3 is 6.09 Å². The molecule has 126 valence electrons. The number of ether oxygens (including phenoxy) is 1. The van der Waals surface area contributed by atoms with Gasteiger partial charge in [-0.25, -0.2) is 4.79 Å². The number of benzene rings is 1. The van der Waals surface area contributed by atoms with E-state index in [0.717, 1.165) is 30.8 Å². The normalized spacial score (nSPS) is 27.0. The van der Waals surface area contributed by atoms with E-state index in [4.69, 9.17) is 4.74 Å². The molecule has 1 N–H and O–H groups in total. The minimum atomic E-state index is -0.539. The van der Waals surface area contributed by atoms with Gasteiger partial charge < -0.3 is 9.84 Å². The van der Waals surface area contributed by atoms with Crippen LogP contribution in [0.1, 0.15) is 46.6 Å². The van der Waals surface area contributed by atoms with Crippen molar-refractivity contribution in [1.29, 1.82) is 0 Å². The quantitative estimate of drug-likeness (QED) is 0.861. The first kappa shape index (κ1) is 16.1. The Labute approximate surface area is 137 Å². The average Bonchev–Trinajstić information content (AvgIpc) is 2.88. The van der Waals surface area contributed by atoms with Gasteiger partial charge in [0.05, 0.1) is 5.69 Å². The average molecular weight is 318 g/mol. The van der Waals surface area contributed by atoms with E-state index in [1.165, 1.54) is 0 Å². The molecule has 3 rings (SSSR count). The number of rotatable bonds is 1. The predicted octanol–water partition coefficient (Wildman–Crippen LogP) is 3.46. The van der Waals surface area contributed by atoms with Crippen LogP contribution in [-0.2, 0) is 10.2 Å². The first-order valence-electron chi connectivity index (χ1n) is 8.27. The van der Waals surface area contributed by atoms with Crippen LogP contribution in [0.4, 0.5) is 10.5 Å². The Bertz CT molecular complexity index is 638. The number of likely N-dealkylation sites (N-methyl/N-ethyl adjacent to an activating group) is 1. The van der Waals surface area contributed by atoms with Crippen LogP contribution in [0.15, 0.2) is 18.2 Å². The summed E-state index contributed by atoms with van der Waals surface area (Å²) in [7, 11) is 0. The van der Waals surface area contributed by atoms with E-state index in [0.29, 0.717) is 0 Å². The minimum absolute atomic E-state index is 0.0563. The van der Waals surface area contributed by atoms with Crippen molar-refractivity contribution in [2.24, 2.45) is 0 Å². The number of aromatic hydroxyl groups is 1. The van der Waals surface area contributed by atoms with Gasteiger partial charge in [0.1, 0.15) is 17.5 Å². The van der Waals surface area contributed by atoms with E-state index < -0.39 is 5.60 Å². The maximum absolute atomic E-state index is 12.9. The molecule has 1 amide bonds. The topological polar surface area (TPSA) is 53.0 Å². The van der Waals surface area contributed by atoms with E-state index in [2.05, 4.69) is 18.7 Å². The number of fused-ring (bicyclic) bond motifs is 3. The number of hydrogen-bond acceptors (Lipinski definition) is 4. The lowest BCUT2D eigenvalue weighted by atomic mass is 9.81. The van der Waals surface area contributed by atoms with Crippen LogP contribution >= 0.6 is 0 Å². The van der Waals surface area contributed by atoms with Gasteiger partial charge in [-0.3, -0.25) is 9.80 Å². The second-order valence-electron chi connectivity index (χ2n) is 7.72. The Morgan fingerprint density at radius 3 is 2.74 bits per heavy atom. The third-order valence-electron chi connectivity index (χ3n) is 4.93. The summed E-state index contributed by atoms with van der Waals surface area (Å²) in [6, 6.07) is 5.26. The van der Waals surface area contributed by atoms with Gasteiger partial charge in [-0.1, -0.05) is 13.8 Å². The summed E-state index contributed by atoms with van der Waals surface area (Å²) >= 11 is 0. The van der Waals surface area contributed by atoms with Gasteiger partial charge in [-0.15, -0.1) is 0 Å². The number of carbonyl (C=O) groups excluding carboxylic acids is 1. The van der Waals surface area contributed by atoms with E-state index in [-0.39, 0.29) is 23.4 Å². The standard InChI is InChI=1S/C18H26N2O3/c1-6-19-10-9-18(5)13-11-12(21)7-8-14(13)20(15(18)19)16(22)23-17(2,3)4/h7-8,11,15,21H,6,9-10H2,1-5H3/t15?,18-/m0/s1. The molecule has 1 fully saturated rings. The second kappa shape index (κ2) is 5.13. The number of phenols is 1. The van der Waals surface area contributed by atoms with E-state index in [1.54, 1.807) is 17.0 Å². The van der Waals surface area contributed by atoms with Crippen LogP contribution in [0, 0.1) is 0 Å². The third-order valence-corrected chi connectivity index (χ3v) is 4.93. The van der Waals surface area contributed by atoms with Crippen molar-refractivity contribution in [3.63, 3.8) is 0 Å². The molecule has 2 atom stereocenters. The number of carbonyl (C=O) groups is 1. The summed E-state index contributed by atoms with van der Waals surface area (Å²) in [6.45, 7) is 11.7. The predicted molar refractivity (Wildman–Crippen MR) is 89.8 cm³/mol. The van der Waals surface area contributed by atoms with E-state index in [1.807, 2.05) is 26.8 Å². The highest BCUT2D eigenvalue weighted by molar-refractivity contribution is 5.93. The van der Waals surface area contributed by atoms with Crippen molar-refractivity contribution in [1.82, 2.24) is 4.90 Å². The van der Waals surface area contributed by atoms with Gasteiger partial charge in [0.25, 0.3) is 0 Å². The number of likely N-dealkylation sites (tertiary alicyclic amines) is 1. The smallest absolute Gasteiger partial charge is 0.416 e. The Hall–Kier alpha value is -1.75. The molecular formula is C18H26N2O3. The first-order valence-corrected chi connectivity index (χ1v) is 8.27. The molecule has 1 aromatic rings. The molecule has 1 unspecified atom stereocenters. The van der Waals surface area contributed by atoms with Crippen LogP contribution in [-0.4, -0.2) is 41.0 Å². The number of hydrogen-bond donors (Lipinski definition) is 1. The molecule has 0 radical (unpaired) electrons. The van der Waals surface area contributed by atoms with Crippen LogP contribution in [0.2, 0.25) is 0 Å². The molecule has 2 heterocycles. The molecule has 0 aliphatic carbocycles. The highest BCUT2D eigenvalue weighted by Gasteiger charge is 2.56. The van der Waals surface area contributed by atoms with Crippen LogP contribution in [0.25, 0.3) is 0 Å². The van der Waals surface area contributed by atoms with Crippen molar-refractivity contribution < 1.29 is 14.6 Å². The fourth-order valence-corrected chi connectivity index (χ4v) is 3.92. The number of anilines is 1. The fourth-order valence-electron chi connectivity index (χ4n) is 3.92. The lowest BCUT2D eigenvalue weighted by Gasteiger charge is -2.35. The zero-order chi connectivity index (χ0) is 17.0. The molecule has 0 bridgehead atoms. The zero-order valence-electron chi connectivity index (χ0n) is 14.6. The van der Waals surface area contributed by atoms with Crippen molar-refractivity contribution in [3.8, 4) is 5.75 Å². The number of amides is 1. The van der Waals surface area contributed by atoms with Gasteiger partial charge in [-0.05, 0) is 57.5 Å². The maximum atomic E-state index is 12.9. The first-order chi connectivity index (χ1) is 10.7. The summed E-state index contributed by atoms with van der Waals surface area (Å²) in [6.07, 6.45) is 0.582. The Morgan fingerprint density at radius 2 is 2.13 bits per heavy atom. The highest BCUT2D eigenvalue weighted by atomic mass is 16.6. The monoisotopic (exact) mass is 318 g/mol. The molecule has 0 aromatic heterocycles. The number of nitrogens with zero attached hydrogens (tertiary/aromatic N) is 2. The van der Waals surface area contributed by atoms with Gasteiger partial charge in [0.2, 0.25) is 0 Å². The van der Waals surface area contributed by atoms with Crippen molar-refractivity contribution in [3.05, 3.63) is 23.8 Å². The molecule has 5 nitrogen and oxygen atoms in total. The van der Waals surface area contributed by atoms with Crippen LogP contribution in [0.3, 0.4) is 0 Å². The highest BCUT2D eigenvalue weighted by Crippen LogP contribution is 2.53. The van der Waals surface area contributed by atoms with Crippen molar-refractivity contribution in [2.45, 2.75) is 58.2 Å². The molecule has 2 aliphatic rings. The van der Waals surface area contributed by atoms with Gasteiger partial charge in [-0.2, -0.15) is 0 Å². The van der Waals surface area contributed by atoms with Crippen LogP contribution in [0.5, 0.6) is 5.75 Å². The molecule has 0 saturated carbocycles. The summed E-state index contributed by atoms with van der Waals surface area (Å²) in [5, 5.41) is 9.92. The molecule has 5 heteroatoms. The minimum Gasteiger partial charge on any atom is -0.508 e. The van der Waals surface area contributed by atoms with Gasteiger partial charge in [0, 0.05) is 12.0 Å². The lowest BCUT2D eigenvalue weighted by molar-refractivity contribution is 0.0522. The Kier molecular flexibility index (Phi) is 3.59. The SMILES string of the molecule is CCN1CC[C@@]2(C)c3cc(O)ccc3N(C(=O)OC(C)(C)C)C12. The van der Waals surface area contributed by atoms with E-state index in [9.17, 15) is 9.90 Å². The van der Waals surface area contributed by atoms with E-state index >= 15 is 0 Å². The summed E-state index contributed by atoms with van der Waals surface area (Å²) in [5.74, 6) is 0.240. The summed E-state index contributed by atoms with van der Waals surface area (Å²) < 4.78 is 5.65. The van der Waals surface area contributed by atoms with Gasteiger partial charge in [0.15, 0.2) is 0 Å². The van der Waals surface area contributed by atoms with Crippen molar-refractivity contribution >= 4 is 11.8 Å². The fraction of sp³-hybridized carbons (Fsp3) is 0.611. The summed E-state index contributed by atoms with van der Waals surface area (Å²) in [4.78, 5) is 17.0. The lowest BCUT2D eigenvalue weighted by Crippen LogP contribution is -2.52. The molecular weight excluding hydrogens is 292 g/mol. The molecule has 23 heavy (non-hydrogen) atoms. The second-order valence-corrected chi connectivity index (χ2v) is 7.72. The Morgan fingerprint density at radius 1 is 1.43 bits per heavy atom. The maximum Gasteiger partial charge on any atom is 0.416 e. The summed E-state index contributed by atoms with van der Waals surface area (Å²) in [5.41, 5.74) is 1.16. The van der Waals surface area contributed by atoms with Crippen LogP contribution < -0.4 is 4.90 Å². The van der Waals surface area contributed by atoms with Crippen molar-refractivity contribution in [2.75, 3.05) is 18.0 Å². The Balaban J connectivity index is 2.09. The largest absolute Gasteiger partial charge is 0.508 e. The number of phenolic OH excluding ortho intramolecular Hbond substituents is 1.